The third kappa shape index (κ3) is 2.77. The Morgan fingerprint density at radius 2 is 1.94 bits per heavy atom. The van der Waals surface area contributed by atoms with Crippen molar-refractivity contribution in [3.05, 3.63) is 18.2 Å². The van der Waals surface area contributed by atoms with E-state index < -0.39 is 0 Å². The van der Waals surface area contributed by atoms with Gasteiger partial charge < -0.3 is 10.3 Å². The average molecular weight is 249 g/mol. The number of hydrogen-bond donors (Lipinski definition) is 1. The molecule has 0 aliphatic heterocycles. The summed E-state index contributed by atoms with van der Waals surface area (Å²) in [6.45, 7) is 9.09. The summed E-state index contributed by atoms with van der Waals surface area (Å²) < 4.78 is 2.33. The van der Waals surface area contributed by atoms with Gasteiger partial charge >= 0.3 is 0 Å². The molecule has 1 aromatic rings. The van der Waals surface area contributed by atoms with Gasteiger partial charge in [-0.05, 0) is 37.0 Å². The predicted molar refractivity (Wildman–Crippen MR) is 75.3 cm³/mol. The Hall–Kier alpha value is -0.830. The molecule has 0 spiro atoms. The number of imidazole rings is 1. The number of nitrogens with two attached hydrogens (primary N) is 1. The maximum atomic E-state index is 6.28. The minimum absolute atomic E-state index is 0.0995. The Bertz CT molecular complexity index is 382. The van der Waals surface area contributed by atoms with Gasteiger partial charge in [-0.25, -0.2) is 4.98 Å². The second-order valence-electron chi connectivity index (χ2n) is 6.89. The van der Waals surface area contributed by atoms with Crippen molar-refractivity contribution in [2.45, 2.75) is 65.5 Å². The van der Waals surface area contributed by atoms with E-state index in [1.54, 1.807) is 0 Å². The lowest BCUT2D eigenvalue weighted by molar-refractivity contribution is 0.190. The lowest BCUT2D eigenvalue weighted by Gasteiger charge is -2.36. The highest BCUT2D eigenvalue weighted by molar-refractivity contribution is 5.07. The van der Waals surface area contributed by atoms with Crippen molar-refractivity contribution in [3.63, 3.8) is 0 Å². The molecule has 0 radical (unpaired) electrons. The van der Waals surface area contributed by atoms with Crippen LogP contribution in [0.15, 0.2) is 12.5 Å². The highest BCUT2D eigenvalue weighted by Crippen LogP contribution is 2.41. The quantitative estimate of drug-likeness (QED) is 0.888. The second kappa shape index (κ2) is 5.04. The number of nitrogens with zero attached hydrogens (tertiary/aromatic N) is 2. The smallest absolute Gasteiger partial charge is 0.0951 e. The molecule has 1 atom stereocenters. The van der Waals surface area contributed by atoms with E-state index in [1.807, 2.05) is 12.5 Å². The van der Waals surface area contributed by atoms with E-state index >= 15 is 0 Å². The van der Waals surface area contributed by atoms with Gasteiger partial charge in [0.15, 0.2) is 0 Å². The number of hydrogen-bond acceptors (Lipinski definition) is 2. The van der Waals surface area contributed by atoms with Crippen LogP contribution in [-0.4, -0.2) is 9.55 Å². The summed E-state index contributed by atoms with van der Waals surface area (Å²) in [5.41, 5.74) is 8.00. The van der Waals surface area contributed by atoms with Gasteiger partial charge in [0.2, 0.25) is 0 Å². The molecule has 3 nitrogen and oxygen atoms in total. The van der Waals surface area contributed by atoms with E-state index in [4.69, 9.17) is 5.73 Å². The van der Waals surface area contributed by atoms with E-state index in [9.17, 15) is 0 Å². The van der Waals surface area contributed by atoms with Crippen molar-refractivity contribution in [1.29, 1.82) is 0 Å². The fraction of sp³-hybridized carbons (Fsp3) is 0.800. The molecule has 1 aliphatic rings. The van der Waals surface area contributed by atoms with E-state index in [1.165, 1.54) is 31.4 Å². The summed E-state index contributed by atoms with van der Waals surface area (Å²) in [7, 11) is 0. The minimum atomic E-state index is 0.0995. The summed E-state index contributed by atoms with van der Waals surface area (Å²) in [5, 5.41) is 0. The Morgan fingerprint density at radius 1 is 1.33 bits per heavy atom. The molecular formula is C15H27N3. The molecule has 2 N–H and O–H groups in total. The predicted octanol–water partition coefficient (Wildman–Crippen LogP) is 3.68. The molecule has 102 valence electrons. The van der Waals surface area contributed by atoms with Crippen molar-refractivity contribution in [1.82, 2.24) is 9.55 Å². The highest BCUT2D eigenvalue weighted by Gasteiger charge is 2.29. The largest absolute Gasteiger partial charge is 0.330 e. The molecule has 0 amide bonds. The van der Waals surface area contributed by atoms with Gasteiger partial charge in [0.05, 0.1) is 12.0 Å². The summed E-state index contributed by atoms with van der Waals surface area (Å²) in [5.74, 6) is 0.459. The topological polar surface area (TPSA) is 43.8 Å². The fourth-order valence-electron chi connectivity index (χ4n) is 2.88. The van der Waals surface area contributed by atoms with E-state index in [0.717, 1.165) is 0 Å². The molecule has 1 fully saturated rings. The normalized spacial score (nSPS) is 22.3. The molecule has 0 saturated heterocycles. The first-order valence-corrected chi connectivity index (χ1v) is 7.18. The van der Waals surface area contributed by atoms with Crippen molar-refractivity contribution in [2.24, 2.45) is 17.1 Å². The van der Waals surface area contributed by atoms with Gasteiger partial charge in [0.1, 0.15) is 0 Å². The van der Waals surface area contributed by atoms with Crippen LogP contribution in [0.25, 0.3) is 0 Å². The third-order valence-electron chi connectivity index (χ3n) is 4.46. The zero-order chi connectivity index (χ0) is 13.3. The Balaban J connectivity index is 2.13. The Morgan fingerprint density at radius 3 is 2.50 bits per heavy atom. The minimum Gasteiger partial charge on any atom is -0.330 e. The van der Waals surface area contributed by atoms with Crippen LogP contribution in [0.4, 0.5) is 0 Å². The van der Waals surface area contributed by atoms with Gasteiger partial charge in [-0.15, -0.1) is 0 Å². The van der Waals surface area contributed by atoms with Crippen LogP contribution in [0.3, 0.4) is 0 Å². The standard InChI is InChI=1S/C15H27N3/c1-11(2)14(16)13-9-17-10-18(13)12-5-7-15(3,4)8-6-12/h9-12,14H,5-8,16H2,1-4H3. The van der Waals surface area contributed by atoms with Gasteiger partial charge in [0, 0.05) is 18.3 Å². The van der Waals surface area contributed by atoms with E-state index in [-0.39, 0.29) is 6.04 Å². The summed E-state index contributed by atoms with van der Waals surface area (Å²) in [4.78, 5) is 4.32. The lowest BCUT2D eigenvalue weighted by Crippen LogP contribution is -2.27. The molecule has 3 heteroatoms. The summed E-state index contributed by atoms with van der Waals surface area (Å²) >= 11 is 0. The van der Waals surface area contributed by atoms with Crippen molar-refractivity contribution in [2.75, 3.05) is 0 Å². The van der Waals surface area contributed by atoms with Gasteiger partial charge in [-0.1, -0.05) is 27.7 Å². The lowest BCUT2D eigenvalue weighted by atomic mass is 9.75. The van der Waals surface area contributed by atoms with Crippen LogP contribution in [0.2, 0.25) is 0 Å². The van der Waals surface area contributed by atoms with Crippen LogP contribution in [0.1, 0.15) is 71.2 Å². The monoisotopic (exact) mass is 249 g/mol. The first kappa shape index (κ1) is 13.6. The van der Waals surface area contributed by atoms with Crippen LogP contribution in [0, 0.1) is 11.3 Å². The maximum Gasteiger partial charge on any atom is 0.0951 e. The van der Waals surface area contributed by atoms with Crippen LogP contribution < -0.4 is 5.73 Å². The maximum absolute atomic E-state index is 6.28. The molecule has 2 rings (SSSR count). The van der Waals surface area contributed by atoms with E-state index in [2.05, 4.69) is 37.2 Å². The Labute approximate surface area is 111 Å². The van der Waals surface area contributed by atoms with Crippen LogP contribution in [0.5, 0.6) is 0 Å². The third-order valence-corrected chi connectivity index (χ3v) is 4.46. The number of rotatable bonds is 3. The second-order valence-corrected chi connectivity index (χ2v) is 6.89. The first-order chi connectivity index (χ1) is 8.41. The van der Waals surface area contributed by atoms with Crippen molar-refractivity contribution < 1.29 is 0 Å². The van der Waals surface area contributed by atoms with E-state index in [0.29, 0.717) is 17.4 Å². The first-order valence-electron chi connectivity index (χ1n) is 7.18. The highest BCUT2D eigenvalue weighted by atomic mass is 15.1. The fourth-order valence-corrected chi connectivity index (χ4v) is 2.88. The van der Waals surface area contributed by atoms with Gasteiger partial charge in [-0.2, -0.15) is 0 Å². The molecular weight excluding hydrogens is 222 g/mol. The summed E-state index contributed by atoms with van der Waals surface area (Å²) in [6.07, 6.45) is 9.02. The molecule has 18 heavy (non-hydrogen) atoms. The van der Waals surface area contributed by atoms with Crippen molar-refractivity contribution >= 4 is 0 Å². The molecule has 1 saturated carbocycles. The SMILES string of the molecule is CC(C)C(N)c1cncn1C1CCC(C)(C)CC1. The number of aromatic nitrogens is 2. The van der Waals surface area contributed by atoms with Gasteiger partial charge in [0.25, 0.3) is 0 Å². The molecule has 1 aliphatic carbocycles. The Kier molecular flexibility index (Phi) is 3.81. The molecule has 1 heterocycles. The zero-order valence-electron chi connectivity index (χ0n) is 12.2. The summed E-state index contributed by atoms with van der Waals surface area (Å²) in [6, 6.07) is 0.697. The molecule has 1 aromatic heterocycles. The average Bonchev–Trinajstić information content (AvgIpc) is 2.76. The molecule has 1 unspecified atom stereocenters. The van der Waals surface area contributed by atoms with Crippen molar-refractivity contribution in [3.8, 4) is 0 Å². The zero-order valence-corrected chi connectivity index (χ0v) is 12.2. The van der Waals surface area contributed by atoms with Crippen LogP contribution >= 0.6 is 0 Å². The van der Waals surface area contributed by atoms with Crippen LogP contribution in [-0.2, 0) is 0 Å². The molecule has 0 bridgehead atoms. The molecule has 0 aromatic carbocycles. The van der Waals surface area contributed by atoms with Gasteiger partial charge in [-0.3, -0.25) is 0 Å².